The fourth-order valence-electron chi connectivity index (χ4n) is 1.26. The minimum Gasteiger partial charge on any atom is -0.462 e. The van der Waals surface area contributed by atoms with Gasteiger partial charge in [-0.15, -0.1) is 12.6 Å². The lowest BCUT2D eigenvalue weighted by atomic mass is 10.1. The summed E-state index contributed by atoms with van der Waals surface area (Å²) in [5, 5.41) is 8.87. The first-order valence-corrected chi connectivity index (χ1v) is 5.34. The lowest BCUT2D eigenvalue weighted by molar-refractivity contribution is -0.0507. The van der Waals surface area contributed by atoms with Crippen LogP contribution in [0.5, 0.6) is 5.75 Å². The molecule has 1 aromatic rings. The molecule has 0 radical (unpaired) electrons. The molecule has 0 atom stereocenters. The molecule has 0 saturated heterocycles. The molecule has 1 rings (SSSR count). The highest BCUT2D eigenvalue weighted by atomic mass is 32.1. The van der Waals surface area contributed by atoms with Crippen molar-refractivity contribution in [3.05, 3.63) is 23.3 Å². The van der Waals surface area contributed by atoms with Crippen LogP contribution in [0.15, 0.2) is 17.0 Å². The third-order valence-corrected chi connectivity index (χ3v) is 2.32. The molecule has 0 aliphatic carbocycles. The maximum atomic E-state index is 12.3. The van der Waals surface area contributed by atoms with E-state index >= 15 is 0 Å². The second-order valence-electron chi connectivity index (χ2n) is 3.05. The van der Waals surface area contributed by atoms with Crippen molar-refractivity contribution in [2.75, 3.05) is 6.61 Å². The highest BCUT2D eigenvalue weighted by Gasteiger charge is 2.22. The molecule has 0 spiro atoms. The first-order chi connectivity index (χ1) is 8.51. The van der Waals surface area contributed by atoms with E-state index in [1.165, 1.54) is 12.1 Å². The summed E-state index contributed by atoms with van der Waals surface area (Å²) < 4.78 is 33.5. The maximum Gasteiger partial charge on any atom is 0.387 e. The average molecular weight is 273 g/mol. The van der Waals surface area contributed by atoms with Crippen molar-refractivity contribution in [3.8, 4) is 11.8 Å². The van der Waals surface area contributed by atoms with Crippen molar-refractivity contribution in [2.24, 2.45) is 0 Å². The van der Waals surface area contributed by atoms with Crippen molar-refractivity contribution in [1.29, 1.82) is 5.26 Å². The third-order valence-electron chi connectivity index (χ3n) is 1.95. The molecule has 0 bridgehead atoms. The smallest absolute Gasteiger partial charge is 0.387 e. The van der Waals surface area contributed by atoms with Gasteiger partial charge >= 0.3 is 12.6 Å². The van der Waals surface area contributed by atoms with Crippen LogP contribution in [0.25, 0.3) is 0 Å². The van der Waals surface area contributed by atoms with Gasteiger partial charge in [0.1, 0.15) is 17.2 Å². The van der Waals surface area contributed by atoms with Gasteiger partial charge in [0, 0.05) is 4.90 Å². The first kappa shape index (κ1) is 14.3. The molecule has 0 aromatic heterocycles. The fourth-order valence-corrected chi connectivity index (χ4v) is 1.49. The van der Waals surface area contributed by atoms with Gasteiger partial charge in [0.15, 0.2) is 5.75 Å². The number of thiol groups is 1. The van der Waals surface area contributed by atoms with Crippen LogP contribution in [-0.2, 0) is 4.74 Å². The highest BCUT2D eigenvalue weighted by Crippen LogP contribution is 2.30. The Morgan fingerprint density at radius 2 is 2.22 bits per heavy atom. The van der Waals surface area contributed by atoms with E-state index in [4.69, 9.17) is 10.00 Å². The molecular weight excluding hydrogens is 264 g/mol. The molecule has 0 fully saturated rings. The Labute approximate surface area is 108 Å². The third kappa shape index (κ3) is 3.11. The number of hydrogen-bond donors (Lipinski definition) is 1. The minimum absolute atomic E-state index is 0.0808. The predicted octanol–water partition coefficient (Wildman–Crippen LogP) is 2.63. The van der Waals surface area contributed by atoms with E-state index in [0.29, 0.717) is 0 Å². The van der Waals surface area contributed by atoms with Crippen molar-refractivity contribution < 1.29 is 23.0 Å². The molecule has 96 valence electrons. The number of halogens is 2. The number of carbonyl (C=O) groups is 1. The van der Waals surface area contributed by atoms with Gasteiger partial charge < -0.3 is 9.47 Å². The van der Waals surface area contributed by atoms with Gasteiger partial charge in [-0.3, -0.25) is 0 Å². The molecule has 0 heterocycles. The number of ether oxygens (including phenoxy) is 2. The van der Waals surface area contributed by atoms with E-state index in [1.54, 1.807) is 13.0 Å². The Morgan fingerprint density at radius 1 is 1.56 bits per heavy atom. The van der Waals surface area contributed by atoms with Gasteiger partial charge in [-0.2, -0.15) is 14.0 Å². The Kier molecular flexibility index (Phi) is 4.92. The zero-order valence-corrected chi connectivity index (χ0v) is 10.2. The first-order valence-electron chi connectivity index (χ1n) is 4.89. The van der Waals surface area contributed by atoms with Crippen LogP contribution >= 0.6 is 12.6 Å². The zero-order chi connectivity index (χ0) is 13.7. The molecule has 0 saturated carbocycles. The van der Waals surface area contributed by atoms with Crippen LogP contribution in [-0.4, -0.2) is 19.2 Å². The number of rotatable bonds is 4. The van der Waals surface area contributed by atoms with Crippen LogP contribution < -0.4 is 4.74 Å². The summed E-state index contributed by atoms with van der Waals surface area (Å²) in [6, 6.07) is 4.22. The van der Waals surface area contributed by atoms with E-state index in [2.05, 4.69) is 17.4 Å². The minimum atomic E-state index is -3.15. The maximum absolute atomic E-state index is 12.3. The Bertz CT molecular complexity index is 500. The molecule has 0 N–H and O–H groups in total. The molecule has 18 heavy (non-hydrogen) atoms. The van der Waals surface area contributed by atoms with E-state index in [9.17, 15) is 13.6 Å². The molecule has 0 unspecified atom stereocenters. The van der Waals surface area contributed by atoms with Crippen LogP contribution in [0, 0.1) is 11.3 Å². The number of esters is 1. The van der Waals surface area contributed by atoms with E-state index in [0.717, 1.165) is 0 Å². The van der Waals surface area contributed by atoms with Gasteiger partial charge in [0.05, 0.1) is 6.61 Å². The quantitative estimate of drug-likeness (QED) is 0.676. The summed E-state index contributed by atoms with van der Waals surface area (Å²) >= 11 is 3.94. The Hall–Kier alpha value is -1.81. The average Bonchev–Trinajstić information content (AvgIpc) is 2.29. The van der Waals surface area contributed by atoms with Gasteiger partial charge in [-0.25, -0.2) is 4.79 Å². The highest BCUT2D eigenvalue weighted by molar-refractivity contribution is 7.80. The van der Waals surface area contributed by atoms with Gasteiger partial charge in [-0.05, 0) is 19.1 Å². The topological polar surface area (TPSA) is 59.3 Å². The Balaban J connectivity index is 3.33. The number of hydrogen-bond acceptors (Lipinski definition) is 5. The fraction of sp³-hybridized carbons (Fsp3) is 0.273. The second-order valence-corrected chi connectivity index (χ2v) is 3.53. The summed E-state index contributed by atoms with van der Waals surface area (Å²) in [7, 11) is 0. The lowest BCUT2D eigenvalue weighted by Gasteiger charge is -2.12. The zero-order valence-electron chi connectivity index (χ0n) is 9.31. The van der Waals surface area contributed by atoms with Crippen LogP contribution in [0.1, 0.15) is 22.8 Å². The summed E-state index contributed by atoms with van der Waals surface area (Å²) in [5.41, 5.74) is -0.462. The SMILES string of the molecule is CCOC(=O)c1ccc(S)c(C#N)c1OC(F)F. The van der Waals surface area contributed by atoms with Crippen molar-refractivity contribution in [2.45, 2.75) is 18.4 Å². The molecule has 7 heteroatoms. The standard InChI is InChI=1S/C11H9F2NO3S/c1-2-16-10(15)6-3-4-8(18)7(5-14)9(6)17-11(12)13/h3-4,11,18H,2H2,1H3. The van der Waals surface area contributed by atoms with E-state index in [-0.39, 0.29) is 22.6 Å². The van der Waals surface area contributed by atoms with Crippen molar-refractivity contribution in [3.63, 3.8) is 0 Å². The largest absolute Gasteiger partial charge is 0.462 e. The van der Waals surface area contributed by atoms with Crippen molar-refractivity contribution >= 4 is 18.6 Å². The monoisotopic (exact) mass is 273 g/mol. The van der Waals surface area contributed by atoms with Crippen LogP contribution in [0.3, 0.4) is 0 Å². The number of nitrogens with zero attached hydrogens (tertiary/aromatic N) is 1. The van der Waals surface area contributed by atoms with Gasteiger partial charge in [0.2, 0.25) is 0 Å². The predicted molar refractivity (Wildman–Crippen MR) is 61.0 cm³/mol. The van der Waals surface area contributed by atoms with Crippen LogP contribution in [0.2, 0.25) is 0 Å². The summed E-state index contributed by atoms with van der Waals surface area (Å²) in [4.78, 5) is 11.7. The summed E-state index contributed by atoms with van der Waals surface area (Å²) in [6.07, 6.45) is 0. The number of benzene rings is 1. The molecular formula is C11H9F2NO3S. The number of alkyl halides is 2. The molecule has 0 amide bonds. The van der Waals surface area contributed by atoms with Crippen LogP contribution in [0.4, 0.5) is 8.78 Å². The molecule has 0 aliphatic rings. The number of nitriles is 1. The normalized spacial score (nSPS) is 10.0. The Morgan fingerprint density at radius 3 is 2.72 bits per heavy atom. The molecule has 1 aromatic carbocycles. The van der Waals surface area contributed by atoms with Gasteiger partial charge in [0.25, 0.3) is 0 Å². The summed E-state index contributed by atoms with van der Waals surface area (Å²) in [5.74, 6) is -1.35. The van der Waals surface area contributed by atoms with Crippen molar-refractivity contribution in [1.82, 2.24) is 0 Å². The second kappa shape index (κ2) is 6.21. The molecule has 0 aliphatic heterocycles. The lowest BCUT2D eigenvalue weighted by Crippen LogP contribution is -2.12. The van der Waals surface area contributed by atoms with E-state index < -0.39 is 18.3 Å². The molecule has 4 nitrogen and oxygen atoms in total. The van der Waals surface area contributed by atoms with Gasteiger partial charge in [-0.1, -0.05) is 0 Å². The number of carbonyl (C=O) groups excluding carboxylic acids is 1. The van der Waals surface area contributed by atoms with E-state index in [1.807, 2.05) is 0 Å². The summed E-state index contributed by atoms with van der Waals surface area (Å²) in [6.45, 7) is -1.50.